The predicted molar refractivity (Wildman–Crippen MR) is 372 cm³/mol. The van der Waals surface area contributed by atoms with Crippen LogP contribution in [0.2, 0.25) is 0 Å². The monoisotopic (exact) mass is 1120 g/mol. The Hall–Kier alpha value is -11.7. The van der Waals surface area contributed by atoms with E-state index in [-0.39, 0.29) is 0 Å². The van der Waals surface area contributed by atoms with Gasteiger partial charge in [-0.1, -0.05) is 218 Å². The standard InChI is InChI=1S/C84H58N4/c1-4-17-59(18-5-1)60-31-44-71(45-32-60)85(69-21-6-2-7-22-69)72-46-33-61(34-47-72)62-35-48-73(49-36-62)86(70-23-8-3-9-24-70)74-50-41-65(42-51-74)66-19-16-20-67(57-66)68-43-56-84-80(58-68)79-27-12-15-30-83(79)88(84)76-54-39-64(40-55-76)63-37-52-75(53-38-63)87-81-28-13-10-25-77(81)78-26-11-14-29-82(78)87/h1-58H. The first-order valence-corrected chi connectivity index (χ1v) is 30.1. The molecule has 0 atom stereocenters. The summed E-state index contributed by atoms with van der Waals surface area (Å²) in [5.74, 6) is 0. The highest BCUT2D eigenvalue weighted by atomic mass is 15.1. The van der Waals surface area contributed by atoms with E-state index in [2.05, 4.69) is 371 Å². The van der Waals surface area contributed by atoms with Crippen molar-refractivity contribution in [2.24, 2.45) is 0 Å². The van der Waals surface area contributed by atoms with Crippen molar-refractivity contribution in [1.29, 1.82) is 0 Å². The minimum absolute atomic E-state index is 1.09. The van der Waals surface area contributed by atoms with Crippen molar-refractivity contribution in [3.8, 4) is 67.0 Å². The van der Waals surface area contributed by atoms with Crippen LogP contribution in [0.15, 0.2) is 352 Å². The minimum Gasteiger partial charge on any atom is -0.311 e. The molecule has 4 heteroatoms. The van der Waals surface area contributed by atoms with Crippen molar-refractivity contribution in [3.05, 3.63) is 352 Å². The molecule has 16 rings (SSSR count). The Morgan fingerprint density at radius 1 is 0.159 bits per heavy atom. The summed E-state index contributed by atoms with van der Waals surface area (Å²) in [5, 5.41) is 5.00. The van der Waals surface area contributed by atoms with Crippen LogP contribution in [-0.2, 0) is 0 Å². The SMILES string of the molecule is c1ccc(-c2ccc(N(c3ccccc3)c3ccc(-c4ccc(N(c5ccccc5)c5ccc(-c6cccc(-c7ccc8c(c7)c7ccccc7n8-c7ccc(-c8ccc(-n9c%10ccccc%10c%10ccccc%109)cc8)cc7)c6)cc5)cc4)cc3)cc2)cc1. The fourth-order valence-corrected chi connectivity index (χ4v) is 13.0. The molecule has 2 heterocycles. The number of fused-ring (bicyclic) bond motifs is 6. The molecule has 2 aromatic heterocycles. The zero-order valence-electron chi connectivity index (χ0n) is 48.3. The highest BCUT2D eigenvalue weighted by molar-refractivity contribution is 6.11. The Morgan fingerprint density at radius 2 is 0.409 bits per heavy atom. The molecule has 0 unspecified atom stereocenters. The van der Waals surface area contributed by atoms with Crippen LogP contribution in [-0.4, -0.2) is 9.13 Å². The second-order valence-electron chi connectivity index (χ2n) is 22.5. The van der Waals surface area contributed by atoms with E-state index in [1.54, 1.807) is 0 Å². The summed E-state index contributed by atoms with van der Waals surface area (Å²) in [6.07, 6.45) is 0. The molecule has 414 valence electrons. The quantitative estimate of drug-likeness (QED) is 0.114. The Kier molecular flexibility index (Phi) is 13.2. The first kappa shape index (κ1) is 51.9. The van der Waals surface area contributed by atoms with Gasteiger partial charge in [0.05, 0.1) is 22.1 Å². The Balaban J connectivity index is 0.646. The molecule has 0 aliphatic rings. The Morgan fingerprint density at radius 3 is 0.807 bits per heavy atom. The van der Waals surface area contributed by atoms with E-state index in [1.807, 2.05) is 0 Å². The van der Waals surface area contributed by atoms with Gasteiger partial charge in [0.2, 0.25) is 0 Å². The molecule has 0 radical (unpaired) electrons. The normalized spacial score (nSPS) is 11.4. The number of hydrogen-bond donors (Lipinski definition) is 0. The molecule has 14 aromatic carbocycles. The van der Waals surface area contributed by atoms with Crippen molar-refractivity contribution in [1.82, 2.24) is 9.13 Å². The van der Waals surface area contributed by atoms with Gasteiger partial charge in [0.1, 0.15) is 0 Å². The molecule has 0 N–H and O–H groups in total. The average Bonchev–Trinajstić information content (AvgIpc) is 1.88. The highest BCUT2D eigenvalue weighted by Gasteiger charge is 2.19. The van der Waals surface area contributed by atoms with Gasteiger partial charge in [-0.15, -0.1) is 0 Å². The topological polar surface area (TPSA) is 16.3 Å². The maximum absolute atomic E-state index is 2.40. The third kappa shape index (κ3) is 9.56. The van der Waals surface area contributed by atoms with Crippen LogP contribution in [0.1, 0.15) is 0 Å². The highest BCUT2D eigenvalue weighted by Crippen LogP contribution is 2.42. The first-order valence-electron chi connectivity index (χ1n) is 30.1. The molecule has 0 aliphatic carbocycles. The summed E-state index contributed by atoms with van der Waals surface area (Å²) in [7, 11) is 0. The van der Waals surface area contributed by atoms with Crippen molar-refractivity contribution in [2.75, 3.05) is 9.80 Å². The van der Waals surface area contributed by atoms with Gasteiger partial charge in [0.25, 0.3) is 0 Å². The van der Waals surface area contributed by atoms with Gasteiger partial charge in [0, 0.05) is 67.0 Å². The number of aromatic nitrogens is 2. The number of para-hydroxylation sites is 5. The summed E-state index contributed by atoms with van der Waals surface area (Å²) in [6.45, 7) is 0. The summed E-state index contributed by atoms with van der Waals surface area (Å²) in [6, 6.07) is 127. The van der Waals surface area contributed by atoms with Crippen LogP contribution in [0.4, 0.5) is 34.1 Å². The molecule has 4 nitrogen and oxygen atoms in total. The lowest BCUT2D eigenvalue weighted by Gasteiger charge is -2.26. The van der Waals surface area contributed by atoms with Crippen molar-refractivity contribution < 1.29 is 0 Å². The molecule has 0 spiro atoms. The second-order valence-corrected chi connectivity index (χ2v) is 22.5. The maximum atomic E-state index is 2.40. The van der Waals surface area contributed by atoms with Gasteiger partial charge < -0.3 is 18.9 Å². The van der Waals surface area contributed by atoms with Crippen molar-refractivity contribution >= 4 is 77.7 Å². The number of rotatable bonds is 13. The lowest BCUT2D eigenvalue weighted by molar-refractivity contribution is 1.18. The fraction of sp³-hybridized carbons (Fsp3) is 0. The number of nitrogens with zero attached hydrogens (tertiary/aromatic N) is 4. The van der Waals surface area contributed by atoms with E-state index in [0.717, 1.165) is 62.2 Å². The van der Waals surface area contributed by atoms with E-state index in [0.29, 0.717) is 0 Å². The summed E-state index contributed by atoms with van der Waals surface area (Å²) >= 11 is 0. The largest absolute Gasteiger partial charge is 0.311 e. The van der Waals surface area contributed by atoms with Crippen LogP contribution >= 0.6 is 0 Å². The summed E-state index contributed by atoms with van der Waals surface area (Å²) in [5.41, 5.74) is 25.4. The van der Waals surface area contributed by atoms with E-state index in [4.69, 9.17) is 0 Å². The summed E-state index contributed by atoms with van der Waals surface area (Å²) in [4.78, 5) is 4.65. The fourth-order valence-electron chi connectivity index (χ4n) is 13.0. The smallest absolute Gasteiger partial charge is 0.0541 e. The van der Waals surface area contributed by atoms with Gasteiger partial charge >= 0.3 is 0 Å². The zero-order chi connectivity index (χ0) is 58.3. The molecule has 16 aromatic rings. The molecular formula is C84H58N4. The zero-order valence-corrected chi connectivity index (χ0v) is 48.3. The van der Waals surface area contributed by atoms with Crippen LogP contribution in [0.3, 0.4) is 0 Å². The molecular weight excluding hydrogens is 1060 g/mol. The van der Waals surface area contributed by atoms with Gasteiger partial charge in [-0.2, -0.15) is 0 Å². The van der Waals surface area contributed by atoms with Crippen molar-refractivity contribution in [3.63, 3.8) is 0 Å². The Bertz CT molecular complexity index is 5080. The number of hydrogen-bond acceptors (Lipinski definition) is 2. The van der Waals surface area contributed by atoms with Gasteiger partial charge in [-0.3, -0.25) is 0 Å². The average molecular weight is 1120 g/mol. The molecule has 0 saturated heterocycles. The molecule has 0 amide bonds. The molecule has 0 bridgehead atoms. The Labute approximate surface area is 512 Å². The molecule has 0 fully saturated rings. The van der Waals surface area contributed by atoms with Gasteiger partial charge in [0.15, 0.2) is 0 Å². The number of anilines is 6. The minimum atomic E-state index is 1.09. The van der Waals surface area contributed by atoms with Crippen LogP contribution in [0, 0.1) is 0 Å². The van der Waals surface area contributed by atoms with E-state index in [9.17, 15) is 0 Å². The second kappa shape index (κ2) is 22.4. The first-order chi connectivity index (χ1) is 43.6. The van der Waals surface area contributed by atoms with E-state index < -0.39 is 0 Å². The maximum Gasteiger partial charge on any atom is 0.0541 e. The van der Waals surface area contributed by atoms with Crippen molar-refractivity contribution in [2.45, 2.75) is 0 Å². The lowest BCUT2D eigenvalue weighted by Crippen LogP contribution is -2.10. The third-order valence-electron chi connectivity index (χ3n) is 17.3. The predicted octanol–water partition coefficient (Wildman–Crippen LogP) is 23.2. The molecule has 0 saturated carbocycles. The van der Waals surface area contributed by atoms with Gasteiger partial charge in [-0.05, 0) is 189 Å². The van der Waals surface area contributed by atoms with E-state index in [1.165, 1.54) is 82.6 Å². The van der Waals surface area contributed by atoms with Crippen LogP contribution in [0.25, 0.3) is 111 Å². The van der Waals surface area contributed by atoms with Gasteiger partial charge in [-0.25, -0.2) is 0 Å². The summed E-state index contributed by atoms with van der Waals surface area (Å²) < 4.78 is 4.77. The lowest BCUT2D eigenvalue weighted by atomic mass is 9.97. The molecule has 0 aliphatic heterocycles. The van der Waals surface area contributed by atoms with Crippen LogP contribution < -0.4 is 9.80 Å². The van der Waals surface area contributed by atoms with E-state index >= 15 is 0 Å². The molecule has 88 heavy (non-hydrogen) atoms. The number of benzene rings is 14. The third-order valence-corrected chi connectivity index (χ3v) is 17.3. The van der Waals surface area contributed by atoms with Crippen LogP contribution in [0.5, 0.6) is 0 Å².